The molecule has 104 valence electrons. The number of amides is 1. The zero-order chi connectivity index (χ0) is 14.1. The van der Waals surface area contributed by atoms with Crippen LogP contribution in [0.15, 0.2) is 41.0 Å². The second-order valence-corrected chi connectivity index (χ2v) is 5.47. The van der Waals surface area contributed by atoms with Gasteiger partial charge in [-0.1, -0.05) is 6.07 Å². The van der Waals surface area contributed by atoms with E-state index in [4.69, 9.17) is 4.42 Å². The van der Waals surface area contributed by atoms with Gasteiger partial charge in [-0.25, -0.2) is 8.78 Å². The Bertz CT molecular complexity index is 610. The third-order valence-electron chi connectivity index (χ3n) is 3.12. The van der Waals surface area contributed by atoms with Crippen LogP contribution in [0.1, 0.15) is 16.7 Å². The van der Waals surface area contributed by atoms with Crippen molar-refractivity contribution in [3.63, 3.8) is 0 Å². The fourth-order valence-corrected chi connectivity index (χ4v) is 3.41. The molecule has 1 atom stereocenters. The van der Waals surface area contributed by atoms with Crippen molar-refractivity contribution in [2.75, 3.05) is 5.75 Å². The second kappa shape index (κ2) is 5.28. The highest BCUT2D eigenvalue weighted by atomic mass is 32.2. The Morgan fingerprint density at radius 1 is 1.25 bits per heavy atom. The van der Waals surface area contributed by atoms with Crippen molar-refractivity contribution in [3.05, 3.63) is 59.6 Å². The first-order chi connectivity index (χ1) is 9.66. The molecule has 1 aliphatic rings. The summed E-state index contributed by atoms with van der Waals surface area (Å²) < 4.78 is 32.9. The van der Waals surface area contributed by atoms with Crippen LogP contribution in [0.25, 0.3) is 0 Å². The number of nitrogens with zero attached hydrogens (tertiary/aromatic N) is 1. The highest BCUT2D eigenvalue weighted by Crippen LogP contribution is 2.41. The Kier molecular flexibility index (Phi) is 3.48. The molecule has 3 nitrogen and oxygen atoms in total. The molecule has 0 bridgehead atoms. The van der Waals surface area contributed by atoms with Gasteiger partial charge in [0.25, 0.3) is 0 Å². The van der Waals surface area contributed by atoms with E-state index in [-0.39, 0.29) is 23.8 Å². The predicted octanol–water partition coefficient (Wildman–Crippen LogP) is 3.33. The molecule has 1 amide bonds. The van der Waals surface area contributed by atoms with Gasteiger partial charge in [-0.3, -0.25) is 4.79 Å². The minimum atomic E-state index is -0.659. The fourth-order valence-electron chi connectivity index (χ4n) is 2.18. The Morgan fingerprint density at radius 3 is 2.65 bits per heavy atom. The normalized spacial score (nSPS) is 18.8. The van der Waals surface area contributed by atoms with E-state index in [0.29, 0.717) is 5.76 Å². The third-order valence-corrected chi connectivity index (χ3v) is 4.34. The molecule has 1 aromatic carbocycles. The van der Waals surface area contributed by atoms with Gasteiger partial charge >= 0.3 is 0 Å². The van der Waals surface area contributed by atoms with Crippen LogP contribution in [0.2, 0.25) is 0 Å². The lowest BCUT2D eigenvalue weighted by atomic mass is 10.1. The van der Waals surface area contributed by atoms with Crippen molar-refractivity contribution in [1.82, 2.24) is 4.90 Å². The average molecular weight is 295 g/mol. The maximum atomic E-state index is 13.9. The number of halogens is 2. The van der Waals surface area contributed by atoms with Gasteiger partial charge in [0.2, 0.25) is 5.91 Å². The van der Waals surface area contributed by atoms with E-state index in [1.54, 1.807) is 12.1 Å². The topological polar surface area (TPSA) is 33.5 Å². The largest absolute Gasteiger partial charge is 0.467 e. The molecule has 0 aliphatic carbocycles. The van der Waals surface area contributed by atoms with Gasteiger partial charge in [0.15, 0.2) is 0 Å². The van der Waals surface area contributed by atoms with E-state index in [1.807, 2.05) is 0 Å². The summed E-state index contributed by atoms with van der Waals surface area (Å²) in [6, 6.07) is 7.15. The second-order valence-electron chi connectivity index (χ2n) is 4.40. The number of thioether (sulfide) groups is 1. The molecule has 20 heavy (non-hydrogen) atoms. The first-order valence-electron chi connectivity index (χ1n) is 6.04. The summed E-state index contributed by atoms with van der Waals surface area (Å²) in [5.41, 5.74) is -0.0742. The van der Waals surface area contributed by atoms with Gasteiger partial charge in [0, 0.05) is 0 Å². The molecule has 1 fully saturated rings. The molecule has 0 N–H and O–H groups in total. The summed E-state index contributed by atoms with van der Waals surface area (Å²) in [4.78, 5) is 13.4. The molecule has 0 radical (unpaired) electrons. The molecule has 0 saturated carbocycles. The average Bonchev–Trinajstić information content (AvgIpc) is 3.03. The molecule has 2 aromatic rings. The Morgan fingerprint density at radius 2 is 2.00 bits per heavy atom. The zero-order valence-electron chi connectivity index (χ0n) is 10.4. The number of benzene rings is 1. The highest BCUT2D eigenvalue weighted by molar-refractivity contribution is 8.00. The van der Waals surface area contributed by atoms with E-state index in [1.165, 1.54) is 41.1 Å². The molecule has 1 unspecified atom stereocenters. The van der Waals surface area contributed by atoms with Gasteiger partial charge in [-0.05, 0) is 24.3 Å². The quantitative estimate of drug-likeness (QED) is 0.871. The predicted molar refractivity (Wildman–Crippen MR) is 70.8 cm³/mol. The Balaban J connectivity index is 1.93. The van der Waals surface area contributed by atoms with Gasteiger partial charge < -0.3 is 9.32 Å². The first kappa shape index (κ1) is 13.2. The van der Waals surface area contributed by atoms with Gasteiger partial charge in [0.05, 0.1) is 24.1 Å². The van der Waals surface area contributed by atoms with Crippen LogP contribution in [-0.2, 0) is 11.3 Å². The maximum absolute atomic E-state index is 13.9. The molecule has 2 heterocycles. The molecule has 1 saturated heterocycles. The number of rotatable bonds is 3. The number of carbonyl (C=O) groups excluding carboxylic acids is 1. The minimum Gasteiger partial charge on any atom is -0.467 e. The standard InChI is InChI=1S/C14H11F2NO2S/c15-10-4-1-5-11(16)13(10)14-17(12(18)8-20-14)7-9-3-2-6-19-9/h1-6,14H,7-8H2. The summed E-state index contributed by atoms with van der Waals surface area (Å²) in [5.74, 6) is -0.635. The zero-order valence-corrected chi connectivity index (χ0v) is 11.2. The summed E-state index contributed by atoms with van der Waals surface area (Å²) in [6.45, 7) is 0.206. The summed E-state index contributed by atoms with van der Waals surface area (Å²) in [7, 11) is 0. The lowest BCUT2D eigenvalue weighted by Crippen LogP contribution is -2.28. The molecule has 6 heteroatoms. The highest BCUT2D eigenvalue weighted by Gasteiger charge is 2.36. The fraction of sp³-hybridized carbons (Fsp3) is 0.214. The lowest BCUT2D eigenvalue weighted by molar-refractivity contribution is -0.128. The molecular formula is C14H11F2NO2S. The minimum absolute atomic E-state index is 0.0742. The van der Waals surface area contributed by atoms with E-state index < -0.39 is 17.0 Å². The van der Waals surface area contributed by atoms with E-state index in [9.17, 15) is 13.6 Å². The van der Waals surface area contributed by atoms with Crippen molar-refractivity contribution in [2.45, 2.75) is 11.9 Å². The van der Waals surface area contributed by atoms with Gasteiger partial charge in [-0.2, -0.15) is 0 Å². The lowest BCUT2D eigenvalue weighted by Gasteiger charge is -2.23. The molecule has 1 aliphatic heterocycles. The molecule has 0 spiro atoms. The number of carbonyl (C=O) groups is 1. The maximum Gasteiger partial charge on any atom is 0.234 e. The van der Waals surface area contributed by atoms with E-state index in [0.717, 1.165) is 0 Å². The number of hydrogen-bond donors (Lipinski definition) is 0. The summed E-state index contributed by atoms with van der Waals surface area (Å²) in [6.07, 6.45) is 1.50. The smallest absolute Gasteiger partial charge is 0.234 e. The Labute approximate surface area is 118 Å². The van der Waals surface area contributed by atoms with Gasteiger partial charge in [0.1, 0.15) is 22.8 Å². The van der Waals surface area contributed by atoms with Gasteiger partial charge in [-0.15, -0.1) is 11.8 Å². The van der Waals surface area contributed by atoms with Crippen LogP contribution in [0.5, 0.6) is 0 Å². The van der Waals surface area contributed by atoms with Crippen LogP contribution in [0, 0.1) is 11.6 Å². The molecule has 3 rings (SSSR count). The number of hydrogen-bond acceptors (Lipinski definition) is 3. The molecule has 1 aromatic heterocycles. The van der Waals surface area contributed by atoms with E-state index in [2.05, 4.69) is 0 Å². The summed E-state index contributed by atoms with van der Waals surface area (Å²) >= 11 is 1.22. The SMILES string of the molecule is O=C1CSC(c2c(F)cccc2F)N1Cc1ccco1. The van der Waals surface area contributed by atoms with Crippen molar-refractivity contribution in [2.24, 2.45) is 0 Å². The summed E-state index contributed by atoms with van der Waals surface area (Å²) in [5, 5.41) is -0.659. The monoisotopic (exact) mass is 295 g/mol. The van der Waals surface area contributed by atoms with Crippen molar-refractivity contribution in [1.29, 1.82) is 0 Å². The van der Waals surface area contributed by atoms with Crippen molar-refractivity contribution < 1.29 is 18.0 Å². The van der Waals surface area contributed by atoms with Crippen LogP contribution < -0.4 is 0 Å². The van der Waals surface area contributed by atoms with Crippen LogP contribution in [0.4, 0.5) is 8.78 Å². The van der Waals surface area contributed by atoms with Crippen LogP contribution in [0.3, 0.4) is 0 Å². The van der Waals surface area contributed by atoms with Crippen LogP contribution in [-0.4, -0.2) is 16.6 Å². The van der Waals surface area contributed by atoms with Crippen molar-refractivity contribution in [3.8, 4) is 0 Å². The third kappa shape index (κ3) is 2.31. The first-order valence-corrected chi connectivity index (χ1v) is 7.09. The number of furan rings is 1. The Hall–Kier alpha value is -1.82. The van der Waals surface area contributed by atoms with Crippen molar-refractivity contribution >= 4 is 17.7 Å². The van der Waals surface area contributed by atoms with Crippen LogP contribution >= 0.6 is 11.8 Å². The molecular weight excluding hydrogens is 284 g/mol. The van der Waals surface area contributed by atoms with E-state index >= 15 is 0 Å².